The molecule has 1 aliphatic heterocycles. The molecule has 3 aliphatic rings. The molecule has 5 atom stereocenters. The number of carbonyl (C=O) groups excluding carboxylic acids is 2. The van der Waals surface area contributed by atoms with E-state index in [2.05, 4.69) is 19.7 Å². The van der Waals surface area contributed by atoms with Gasteiger partial charge in [0.05, 0.1) is 5.92 Å². The molecule has 1 saturated heterocycles. The Kier molecular flexibility index (Phi) is 4.24. The average molecular weight is 328 g/mol. The Hall–Kier alpha value is -2.10. The topological polar surface area (TPSA) is 52.6 Å². The summed E-state index contributed by atoms with van der Waals surface area (Å²) in [5.74, 6) is -0.799. The second-order valence-electron chi connectivity index (χ2n) is 7.03. The highest BCUT2D eigenvalue weighted by Crippen LogP contribution is 2.52. The van der Waals surface area contributed by atoms with Gasteiger partial charge < -0.3 is 9.47 Å². The molecule has 0 bridgehead atoms. The van der Waals surface area contributed by atoms with E-state index in [4.69, 9.17) is 9.47 Å². The fourth-order valence-corrected chi connectivity index (χ4v) is 4.23. The molecule has 0 radical (unpaired) electrons. The number of ether oxygens (including phenoxy) is 2. The molecule has 2 saturated carbocycles. The Morgan fingerprint density at radius 1 is 1.25 bits per heavy atom. The Bertz CT molecular complexity index is 669. The lowest BCUT2D eigenvalue weighted by Gasteiger charge is -2.28. The van der Waals surface area contributed by atoms with Crippen molar-refractivity contribution in [1.82, 2.24) is 0 Å². The smallest absolute Gasteiger partial charge is 0.334 e. The van der Waals surface area contributed by atoms with E-state index in [0.717, 1.165) is 24.0 Å². The minimum atomic E-state index is -0.470. The molecule has 0 unspecified atom stereocenters. The van der Waals surface area contributed by atoms with Crippen molar-refractivity contribution < 1.29 is 19.1 Å². The second-order valence-corrected chi connectivity index (χ2v) is 7.03. The molecule has 1 heterocycles. The summed E-state index contributed by atoms with van der Waals surface area (Å²) in [5, 5.41) is 0. The van der Waals surface area contributed by atoms with Crippen LogP contribution in [0.15, 0.2) is 48.1 Å². The highest BCUT2D eigenvalue weighted by molar-refractivity contribution is 5.91. The number of hydrogen-bond acceptors (Lipinski definition) is 4. The first-order valence-electron chi connectivity index (χ1n) is 8.44. The zero-order valence-electron chi connectivity index (χ0n) is 14.3. The Morgan fingerprint density at radius 3 is 2.62 bits per heavy atom. The first-order chi connectivity index (χ1) is 11.3. The lowest BCUT2D eigenvalue weighted by Crippen LogP contribution is -2.35. The third kappa shape index (κ3) is 2.54. The lowest BCUT2D eigenvalue weighted by molar-refractivity contribution is -0.148. The first kappa shape index (κ1) is 16.7. The number of allylic oxidation sites excluding steroid dienone is 1. The third-order valence-corrected chi connectivity index (χ3v) is 5.70. The zero-order chi connectivity index (χ0) is 17.6. The molecule has 0 aromatic carbocycles. The number of carbonyl (C=O) groups is 2. The maximum atomic E-state index is 12.3. The summed E-state index contributed by atoms with van der Waals surface area (Å²) in [7, 11) is 0. The number of esters is 2. The van der Waals surface area contributed by atoms with Crippen LogP contribution in [-0.2, 0) is 19.1 Å². The molecule has 0 spiro atoms. The molecule has 2 aliphatic carbocycles. The van der Waals surface area contributed by atoms with Gasteiger partial charge in [0.1, 0.15) is 12.2 Å². The van der Waals surface area contributed by atoms with Gasteiger partial charge in [0.2, 0.25) is 0 Å². The van der Waals surface area contributed by atoms with Gasteiger partial charge in [0.15, 0.2) is 0 Å². The predicted molar refractivity (Wildman–Crippen MR) is 90.9 cm³/mol. The molecule has 4 heteroatoms. The molecule has 0 aromatic rings. The molecule has 3 fully saturated rings. The normalized spacial score (nSPS) is 36.1. The summed E-state index contributed by atoms with van der Waals surface area (Å²) >= 11 is 0. The van der Waals surface area contributed by atoms with Gasteiger partial charge in [-0.15, -0.1) is 0 Å². The zero-order valence-corrected chi connectivity index (χ0v) is 14.3. The van der Waals surface area contributed by atoms with Crippen molar-refractivity contribution in [3.8, 4) is 0 Å². The molecule has 0 amide bonds. The van der Waals surface area contributed by atoms with Gasteiger partial charge in [-0.05, 0) is 32.6 Å². The molecule has 3 rings (SSSR count). The summed E-state index contributed by atoms with van der Waals surface area (Å²) in [6.07, 6.45) is 3.31. The number of rotatable bonds is 2. The fraction of sp³-hybridized carbons (Fsp3) is 0.500. The highest BCUT2D eigenvalue weighted by atomic mass is 16.6. The van der Waals surface area contributed by atoms with Crippen LogP contribution in [-0.4, -0.2) is 24.1 Å². The predicted octanol–water partition coefficient (Wildman–Crippen LogP) is 3.50. The minimum absolute atomic E-state index is 0.0530. The molecule has 0 N–H and O–H groups in total. The van der Waals surface area contributed by atoms with Crippen molar-refractivity contribution in [2.75, 3.05) is 0 Å². The van der Waals surface area contributed by atoms with Gasteiger partial charge in [-0.2, -0.15) is 0 Å². The average Bonchev–Trinajstić information content (AvgIpc) is 3.02. The largest absolute Gasteiger partial charge is 0.458 e. The van der Waals surface area contributed by atoms with Gasteiger partial charge in [-0.1, -0.05) is 37.0 Å². The molecule has 0 aromatic heterocycles. The maximum absolute atomic E-state index is 12.3. The van der Waals surface area contributed by atoms with E-state index in [-0.39, 0.29) is 35.8 Å². The maximum Gasteiger partial charge on any atom is 0.334 e. The van der Waals surface area contributed by atoms with Crippen molar-refractivity contribution in [2.24, 2.45) is 17.8 Å². The Balaban J connectivity index is 1.96. The van der Waals surface area contributed by atoms with Crippen molar-refractivity contribution in [1.29, 1.82) is 0 Å². The van der Waals surface area contributed by atoms with Crippen LogP contribution >= 0.6 is 0 Å². The Labute approximate surface area is 142 Å². The third-order valence-electron chi connectivity index (χ3n) is 5.70. The van der Waals surface area contributed by atoms with Crippen LogP contribution in [0.25, 0.3) is 0 Å². The van der Waals surface area contributed by atoms with E-state index in [1.54, 1.807) is 19.9 Å². The van der Waals surface area contributed by atoms with Crippen molar-refractivity contribution in [2.45, 2.75) is 45.3 Å². The summed E-state index contributed by atoms with van der Waals surface area (Å²) in [6.45, 7) is 15.8. The van der Waals surface area contributed by atoms with E-state index in [1.807, 2.05) is 0 Å². The van der Waals surface area contributed by atoms with Crippen LogP contribution in [0.4, 0.5) is 0 Å². The van der Waals surface area contributed by atoms with Crippen LogP contribution in [0.2, 0.25) is 0 Å². The summed E-state index contributed by atoms with van der Waals surface area (Å²) in [6, 6.07) is 0. The molecule has 128 valence electrons. The van der Waals surface area contributed by atoms with E-state index in [1.165, 1.54) is 0 Å². The van der Waals surface area contributed by atoms with Crippen molar-refractivity contribution in [3.63, 3.8) is 0 Å². The highest BCUT2D eigenvalue weighted by Gasteiger charge is 2.55. The van der Waals surface area contributed by atoms with Crippen LogP contribution in [0, 0.1) is 17.8 Å². The van der Waals surface area contributed by atoms with Crippen LogP contribution in [0.1, 0.15) is 33.1 Å². The van der Waals surface area contributed by atoms with E-state index in [0.29, 0.717) is 17.6 Å². The van der Waals surface area contributed by atoms with Crippen molar-refractivity contribution in [3.05, 3.63) is 48.1 Å². The lowest BCUT2D eigenvalue weighted by atomic mass is 9.81. The van der Waals surface area contributed by atoms with Crippen LogP contribution in [0.3, 0.4) is 0 Å². The monoisotopic (exact) mass is 328 g/mol. The summed E-state index contributed by atoms with van der Waals surface area (Å²) in [4.78, 5) is 24.4. The number of hydrogen-bond donors (Lipinski definition) is 0. The van der Waals surface area contributed by atoms with Gasteiger partial charge in [-0.3, -0.25) is 0 Å². The second kappa shape index (κ2) is 6.08. The molecular weight excluding hydrogens is 304 g/mol. The van der Waals surface area contributed by atoms with E-state index < -0.39 is 6.10 Å². The van der Waals surface area contributed by atoms with Crippen molar-refractivity contribution >= 4 is 11.9 Å². The van der Waals surface area contributed by atoms with E-state index >= 15 is 0 Å². The van der Waals surface area contributed by atoms with Gasteiger partial charge >= 0.3 is 11.9 Å². The molecule has 24 heavy (non-hydrogen) atoms. The minimum Gasteiger partial charge on any atom is -0.458 e. The summed E-state index contributed by atoms with van der Waals surface area (Å²) < 4.78 is 11.4. The standard InChI is InChI=1S/C20H24O4/c1-6-10(2)19(21)23-15-9-12(4)14-8-7-11(3)16(14)18-17(15)13(5)20(22)24-18/h6,14-18H,3-5,7-9H2,1-2H3/b10-6+/t14-,15-,16-,17+,18+/m0/s1. The van der Waals surface area contributed by atoms with Gasteiger partial charge in [0.25, 0.3) is 0 Å². The molecule has 4 nitrogen and oxygen atoms in total. The Morgan fingerprint density at radius 2 is 1.96 bits per heavy atom. The van der Waals surface area contributed by atoms with E-state index in [9.17, 15) is 9.59 Å². The first-order valence-corrected chi connectivity index (χ1v) is 8.44. The fourth-order valence-electron chi connectivity index (χ4n) is 4.23. The number of fused-ring (bicyclic) bond motifs is 3. The molecular formula is C20H24O4. The summed E-state index contributed by atoms with van der Waals surface area (Å²) in [5.41, 5.74) is 3.08. The quantitative estimate of drug-likeness (QED) is 0.442. The SMILES string of the molecule is C=C1CC[C@H]2C(=C)C[C@H](OC(=O)/C(C)=C/C)[C@H]3C(=C)C(=O)O[C@@H]3[C@@H]12. The van der Waals surface area contributed by atoms with Gasteiger partial charge in [-0.25, -0.2) is 9.59 Å². The van der Waals surface area contributed by atoms with Crippen LogP contribution in [0.5, 0.6) is 0 Å². The van der Waals surface area contributed by atoms with Gasteiger partial charge in [0, 0.05) is 23.5 Å². The van der Waals surface area contributed by atoms with Crippen LogP contribution < -0.4 is 0 Å².